The molecule has 1 aromatic carbocycles. The van der Waals surface area contributed by atoms with Crippen LogP contribution in [0.25, 0.3) is 0 Å². The summed E-state index contributed by atoms with van der Waals surface area (Å²) in [5, 5.41) is 3.07. The number of amides is 1. The summed E-state index contributed by atoms with van der Waals surface area (Å²) in [6.45, 7) is 7.98. The Hall–Kier alpha value is -1.75. The summed E-state index contributed by atoms with van der Waals surface area (Å²) in [6.07, 6.45) is 1.91. The van der Waals surface area contributed by atoms with E-state index in [2.05, 4.69) is 25.2 Å². The van der Waals surface area contributed by atoms with Gasteiger partial charge in [0, 0.05) is 36.9 Å². The molecule has 1 amide bonds. The van der Waals surface area contributed by atoms with Crippen molar-refractivity contribution in [3.05, 3.63) is 23.8 Å². The molecule has 1 saturated heterocycles. The fourth-order valence-corrected chi connectivity index (χ4v) is 3.18. The number of ether oxygens (including phenoxy) is 2. The fourth-order valence-electron chi connectivity index (χ4n) is 3.18. The smallest absolute Gasteiger partial charge is 0.223 e. The van der Waals surface area contributed by atoms with Crippen LogP contribution < -0.4 is 19.7 Å². The van der Waals surface area contributed by atoms with E-state index in [-0.39, 0.29) is 11.8 Å². The molecule has 1 heterocycles. The second-order valence-electron chi connectivity index (χ2n) is 7.02. The van der Waals surface area contributed by atoms with E-state index >= 15 is 0 Å². The maximum atomic E-state index is 12.2. The van der Waals surface area contributed by atoms with E-state index in [1.165, 1.54) is 10.5 Å². The van der Waals surface area contributed by atoms with Gasteiger partial charge in [-0.3, -0.25) is 4.79 Å². The van der Waals surface area contributed by atoms with Crippen LogP contribution in [-0.4, -0.2) is 39.8 Å². The monoisotopic (exact) mass is 335 g/mol. The van der Waals surface area contributed by atoms with Crippen LogP contribution in [0.2, 0.25) is 0 Å². The highest BCUT2D eigenvalue weighted by atomic mass is 16.5. The van der Waals surface area contributed by atoms with Gasteiger partial charge in [0.2, 0.25) is 5.91 Å². The topological polar surface area (TPSA) is 52.0 Å². The van der Waals surface area contributed by atoms with Crippen LogP contribution >= 0.6 is 0 Å². The molecular weight excluding hydrogens is 304 g/mol. The van der Waals surface area contributed by atoms with Crippen LogP contribution in [0, 0.1) is 11.8 Å². The Bertz CT molecular complexity index is 537. The van der Waals surface area contributed by atoms with Crippen molar-refractivity contribution in [2.75, 3.05) is 33.9 Å². The van der Waals surface area contributed by atoms with Crippen molar-refractivity contribution < 1.29 is 19.2 Å². The average Bonchev–Trinajstić information content (AvgIpc) is 2.60. The van der Waals surface area contributed by atoms with Crippen molar-refractivity contribution in [2.24, 2.45) is 11.8 Å². The van der Waals surface area contributed by atoms with Gasteiger partial charge in [-0.25, -0.2) is 0 Å². The third kappa shape index (κ3) is 5.13. The zero-order valence-corrected chi connectivity index (χ0v) is 15.4. The summed E-state index contributed by atoms with van der Waals surface area (Å²) in [5.41, 5.74) is 1.19. The van der Waals surface area contributed by atoms with E-state index in [4.69, 9.17) is 9.47 Å². The first-order valence-corrected chi connectivity index (χ1v) is 8.85. The third-order valence-corrected chi connectivity index (χ3v) is 4.68. The zero-order valence-electron chi connectivity index (χ0n) is 15.4. The van der Waals surface area contributed by atoms with Gasteiger partial charge in [-0.15, -0.1) is 0 Å². The summed E-state index contributed by atoms with van der Waals surface area (Å²) in [5.74, 6) is 2.59. The Labute approximate surface area is 145 Å². The number of piperidine rings is 1. The molecule has 0 spiro atoms. The molecule has 1 aliphatic heterocycles. The normalized spacial score (nSPS) is 20.7. The molecule has 5 nitrogen and oxygen atoms in total. The third-order valence-electron chi connectivity index (χ3n) is 4.68. The van der Waals surface area contributed by atoms with Gasteiger partial charge in [0.25, 0.3) is 0 Å². The van der Waals surface area contributed by atoms with Gasteiger partial charge in [-0.2, -0.15) is 0 Å². The van der Waals surface area contributed by atoms with Gasteiger partial charge in [0.05, 0.1) is 27.3 Å². The van der Waals surface area contributed by atoms with Crippen molar-refractivity contribution in [1.82, 2.24) is 5.32 Å². The highest BCUT2D eigenvalue weighted by Crippen LogP contribution is 2.24. The van der Waals surface area contributed by atoms with E-state index in [1.807, 2.05) is 12.1 Å². The lowest BCUT2D eigenvalue weighted by atomic mass is 9.95. The van der Waals surface area contributed by atoms with Crippen molar-refractivity contribution in [1.29, 1.82) is 0 Å². The molecule has 1 aliphatic rings. The maximum absolute atomic E-state index is 12.2. The molecule has 134 valence electrons. The summed E-state index contributed by atoms with van der Waals surface area (Å²) >= 11 is 0. The van der Waals surface area contributed by atoms with Crippen molar-refractivity contribution in [3.8, 4) is 11.5 Å². The lowest BCUT2D eigenvalue weighted by Crippen LogP contribution is -3.11. The van der Waals surface area contributed by atoms with Crippen LogP contribution in [0.15, 0.2) is 18.2 Å². The molecule has 0 atom stereocenters. The number of quaternary nitrogens is 1. The van der Waals surface area contributed by atoms with E-state index in [0.29, 0.717) is 5.92 Å². The number of hydrogen-bond donors (Lipinski definition) is 2. The van der Waals surface area contributed by atoms with Gasteiger partial charge < -0.3 is 19.7 Å². The first-order valence-electron chi connectivity index (χ1n) is 8.85. The highest BCUT2D eigenvalue weighted by molar-refractivity contribution is 5.78. The first kappa shape index (κ1) is 18.6. The predicted molar refractivity (Wildman–Crippen MR) is 94.5 cm³/mol. The Kier molecular flexibility index (Phi) is 6.91. The second kappa shape index (κ2) is 8.92. The zero-order chi connectivity index (χ0) is 17.5. The van der Waals surface area contributed by atoms with Crippen LogP contribution in [0.1, 0.15) is 32.3 Å². The molecule has 0 saturated carbocycles. The highest BCUT2D eigenvalue weighted by Gasteiger charge is 2.27. The minimum absolute atomic E-state index is 0.172. The van der Waals surface area contributed by atoms with Crippen LogP contribution in [0.3, 0.4) is 0 Å². The molecule has 5 heteroatoms. The Morgan fingerprint density at radius 2 is 1.96 bits per heavy atom. The Morgan fingerprint density at radius 1 is 1.25 bits per heavy atom. The summed E-state index contributed by atoms with van der Waals surface area (Å²) in [4.78, 5) is 13.7. The number of carbonyl (C=O) groups excluding carboxylic acids is 1. The molecule has 24 heavy (non-hydrogen) atoms. The molecule has 1 aromatic rings. The SMILES string of the molecule is COc1ccc(C[NH+]2CCC(C(=O)NCC(C)C)CC2)c(OC)c1. The van der Waals surface area contributed by atoms with E-state index in [9.17, 15) is 4.79 Å². The summed E-state index contributed by atoms with van der Waals surface area (Å²) < 4.78 is 10.7. The molecule has 0 radical (unpaired) electrons. The van der Waals surface area contributed by atoms with Crippen LogP contribution in [0.4, 0.5) is 0 Å². The molecule has 1 fully saturated rings. The van der Waals surface area contributed by atoms with Crippen molar-refractivity contribution in [2.45, 2.75) is 33.2 Å². The number of nitrogens with one attached hydrogen (secondary N) is 2. The van der Waals surface area contributed by atoms with Gasteiger partial charge in [-0.05, 0) is 18.1 Å². The van der Waals surface area contributed by atoms with Gasteiger partial charge >= 0.3 is 0 Å². The van der Waals surface area contributed by atoms with Gasteiger partial charge in [0.15, 0.2) is 0 Å². The summed E-state index contributed by atoms with van der Waals surface area (Å²) in [7, 11) is 3.35. The minimum Gasteiger partial charge on any atom is -0.497 e. The number of rotatable bonds is 7. The molecular formula is C19H31N2O3+. The molecule has 0 aromatic heterocycles. The number of hydrogen-bond acceptors (Lipinski definition) is 3. The molecule has 0 unspecified atom stereocenters. The van der Waals surface area contributed by atoms with Gasteiger partial charge in [-0.1, -0.05) is 13.8 Å². The molecule has 0 aliphatic carbocycles. The lowest BCUT2D eigenvalue weighted by molar-refractivity contribution is -0.919. The van der Waals surface area contributed by atoms with Gasteiger partial charge in [0.1, 0.15) is 18.0 Å². The standard InChI is InChI=1S/C19H30N2O3/c1-14(2)12-20-19(22)15-7-9-21(10-8-15)13-16-5-6-17(23-3)11-18(16)24-4/h5-6,11,14-15H,7-10,12-13H2,1-4H3,(H,20,22)/p+1. The molecule has 0 bridgehead atoms. The van der Waals surface area contributed by atoms with Crippen LogP contribution in [0.5, 0.6) is 11.5 Å². The van der Waals surface area contributed by atoms with Crippen LogP contribution in [-0.2, 0) is 11.3 Å². The number of benzene rings is 1. The fraction of sp³-hybridized carbons (Fsp3) is 0.632. The lowest BCUT2D eigenvalue weighted by Gasteiger charge is -2.29. The molecule has 2 rings (SSSR count). The van der Waals surface area contributed by atoms with Crippen molar-refractivity contribution >= 4 is 5.91 Å². The predicted octanol–water partition coefficient (Wildman–Crippen LogP) is 1.27. The van der Waals surface area contributed by atoms with E-state index in [0.717, 1.165) is 50.5 Å². The Morgan fingerprint density at radius 3 is 2.54 bits per heavy atom. The minimum atomic E-state index is 0.172. The number of methoxy groups -OCH3 is 2. The largest absolute Gasteiger partial charge is 0.497 e. The Balaban J connectivity index is 1.86. The maximum Gasteiger partial charge on any atom is 0.223 e. The van der Waals surface area contributed by atoms with Crippen molar-refractivity contribution in [3.63, 3.8) is 0 Å². The summed E-state index contributed by atoms with van der Waals surface area (Å²) in [6, 6.07) is 5.98. The average molecular weight is 335 g/mol. The number of likely N-dealkylation sites (tertiary alicyclic amines) is 1. The first-order chi connectivity index (χ1) is 11.5. The number of carbonyl (C=O) groups is 1. The second-order valence-corrected chi connectivity index (χ2v) is 7.02. The quantitative estimate of drug-likeness (QED) is 0.789. The molecule has 2 N–H and O–H groups in total. The van der Waals surface area contributed by atoms with E-state index in [1.54, 1.807) is 14.2 Å². The van der Waals surface area contributed by atoms with E-state index < -0.39 is 0 Å².